The van der Waals surface area contributed by atoms with Crippen LogP contribution >= 0.6 is 0 Å². The van der Waals surface area contributed by atoms with Gasteiger partial charge in [0.2, 0.25) is 5.91 Å². The molecule has 0 radical (unpaired) electrons. The van der Waals surface area contributed by atoms with Crippen molar-refractivity contribution >= 4 is 11.9 Å². The highest BCUT2D eigenvalue weighted by Crippen LogP contribution is 2.17. The van der Waals surface area contributed by atoms with E-state index in [1.54, 1.807) is 7.11 Å². The number of nitrogens with one attached hydrogen (secondary N) is 2. The maximum Gasteiger partial charge on any atom is 0.223 e. The zero-order chi connectivity index (χ0) is 21.9. The number of nitrogens with zero attached hydrogens (tertiary/aromatic N) is 2. The van der Waals surface area contributed by atoms with Crippen molar-refractivity contribution in [3.8, 4) is 0 Å². The lowest BCUT2D eigenvalue weighted by molar-refractivity contribution is -0.127. The van der Waals surface area contributed by atoms with Gasteiger partial charge in [0, 0.05) is 45.6 Å². The highest BCUT2D eigenvalue weighted by molar-refractivity contribution is 5.81. The van der Waals surface area contributed by atoms with Crippen molar-refractivity contribution in [3.63, 3.8) is 0 Å². The van der Waals surface area contributed by atoms with E-state index in [9.17, 15) is 4.79 Å². The van der Waals surface area contributed by atoms with Crippen LogP contribution in [0, 0.1) is 5.92 Å². The SMILES string of the molecule is CCNC(=NCc1ccc(COC)cc1)NCC1CC(=O)N(CCc2ccccc2)C1. The molecule has 0 aromatic heterocycles. The highest BCUT2D eigenvalue weighted by atomic mass is 16.5. The van der Waals surface area contributed by atoms with Gasteiger partial charge < -0.3 is 20.3 Å². The van der Waals surface area contributed by atoms with Crippen LogP contribution in [0.25, 0.3) is 0 Å². The predicted octanol–water partition coefficient (Wildman–Crippen LogP) is 2.98. The number of hydrogen-bond acceptors (Lipinski definition) is 3. The van der Waals surface area contributed by atoms with E-state index in [1.165, 1.54) is 5.56 Å². The Morgan fingerprint density at radius 2 is 1.81 bits per heavy atom. The lowest BCUT2D eigenvalue weighted by Crippen LogP contribution is -2.40. The largest absolute Gasteiger partial charge is 0.380 e. The minimum Gasteiger partial charge on any atom is -0.380 e. The molecule has 2 N–H and O–H groups in total. The molecule has 1 aliphatic rings. The number of amides is 1. The first-order valence-corrected chi connectivity index (χ1v) is 11.1. The summed E-state index contributed by atoms with van der Waals surface area (Å²) in [7, 11) is 1.70. The Morgan fingerprint density at radius 1 is 1.06 bits per heavy atom. The van der Waals surface area contributed by atoms with Crippen LogP contribution in [-0.2, 0) is 29.1 Å². The van der Waals surface area contributed by atoms with Crippen LogP contribution in [0.2, 0.25) is 0 Å². The summed E-state index contributed by atoms with van der Waals surface area (Å²) in [6, 6.07) is 18.7. The van der Waals surface area contributed by atoms with E-state index in [-0.39, 0.29) is 5.91 Å². The van der Waals surface area contributed by atoms with Crippen molar-refractivity contribution in [2.45, 2.75) is 32.9 Å². The van der Waals surface area contributed by atoms with Crippen molar-refractivity contribution in [1.29, 1.82) is 0 Å². The molecule has 0 saturated carbocycles. The molecular weight excluding hydrogens is 388 g/mol. The summed E-state index contributed by atoms with van der Waals surface area (Å²) in [5, 5.41) is 6.72. The van der Waals surface area contributed by atoms with Crippen LogP contribution < -0.4 is 10.6 Å². The zero-order valence-electron chi connectivity index (χ0n) is 18.6. The first-order valence-electron chi connectivity index (χ1n) is 11.1. The van der Waals surface area contributed by atoms with Crippen LogP contribution in [0.5, 0.6) is 0 Å². The zero-order valence-corrected chi connectivity index (χ0v) is 18.6. The molecule has 0 spiro atoms. The summed E-state index contributed by atoms with van der Waals surface area (Å²) in [4.78, 5) is 19.1. The molecule has 1 aliphatic heterocycles. The molecule has 2 aromatic rings. The molecule has 166 valence electrons. The normalized spacial score (nSPS) is 16.6. The lowest BCUT2D eigenvalue weighted by Gasteiger charge is -2.18. The number of carbonyl (C=O) groups excluding carboxylic acids is 1. The molecular formula is C25H34N4O2. The molecule has 31 heavy (non-hydrogen) atoms. The Kier molecular flexibility index (Phi) is 8.91. The molecule has 0 bridgehead atoms. The van der Waals surface area contributed by atoms with Gasteiger partial charge in [0.05, 0.1) is 13.2 Å². The number of methoxy groups -OCH3 is 1. The van der Waals surface area contributed by atoms with Gasteiger partial charge in [-0.15, -0.1) is 0 Å². The summed E-state index contributed by atoms with van der Waals surface area (Å²) in [6.07, 6.45) is 1.50. The number of carbonyl (C=O) groups is 1. The van der Waals surface area contributed by atoms with Gasteiger partial charge >= 0.3 is 0 Å². The summed E-state index contributed by atoms with van der Waals surface area (Å²) < 4.78 is 5.16. The number of rotatable bonds is 10. The molecule has 1 atom stereocenters. The quantitative estimate of drug-likeness (QED) is 0.456. The first kappa shape index (κ1) is 22.8. The molecule has 6 heteroatoms. The van der Waals surface area contributed by atoms with Crippen molar-refractivity contribution in [2.75, 3.05) is 33.3 Å². The Morgan fingerprint density at radius 3 is 2.52 bits per heavy atom. The molecule has 3 rings (SSSR count). The number of ether oxygens (including phenoxy) is 1. The van der Waals surface area contributed by atoms with Crippen LogP contribution in [-0.4, -0.2) is 50.1 Å². The molecule has 1 unspecified atom stereocenters. The smallest absolute Gasteiger partial charge is 0.223 e. The molecule has 1 heterocycles. The fourth-order valence-corrected chi connectivity index (χ4v) is 3.78. The fourth-order valence-electron chi connectivity index (χ4n) is 3.78. The number of hydrogen-bond donors (Lipinski definition) is 2. The minimum absolute atomic E-state index is 0.251. The third-order valence-corrected chi connectivity index (χ3v) is 5.46. The summed E-state index contributed by atoms with van der Waals surface area (Å²) in [5.74, 6) is 1.35. The van der Waals surface area contributed by atoms with Crippen molar-refractivity contribution in [2.24, 2.45) is 10.9 Å². The Balaban J connectivity index is 1.46. The van der Waals surface area contributed by atoms with E-state index in [4.69, 9.17) is 9.73 Å². The highest BCUT2D eigenvalue weighted by Gasteiger charge is 2.29. The summed E-state index contributed by atoms with van der Waals surface area (Å²) in [6.45, 7) is 6.41. The fraction of sp³-hybridized carbons (Fsp3) is 0.440. The standard InChI is InChI=1S/C25H34N4O2/c1-3-26-25(27-16-21-9-11-22(12-10-21)19-31-2)28-17-23-15-24(30)29(18-23)14-13-20-7-5-4-6-8-20/h4-12,23H,3,13-19H2,1-2H3,(H2,26,27,28). The number of likely N-dealkylation sites (tertiary alicyclic amines) is 1. The van der Waals surface area contributed by atoms with Gasteiger partial charge in [0.15, 0.2) is 5.96 Å². The van der Waals surface area contributed by atoms with E-state index in [0.29, 0.717) is 25.5 Å². The molecule has 1 amide bonds. The van der Waals surface area contributed by atoms with Crippen LogP contribution in [0.3, 0.4) is 0 Å². The monoisotopic (exact) mass is 422 g/mol. The molecule has 1 saturated heterocycles. The van der Waals surface area contributed by atoms with Gasteiger partial charge in [-0.05, 0) is 30.0 Å². The second-order valence-electron chi connectivity index (χ2n) is 7.97. The van der Waals surface area contributed by atoms with E-state index in [1.807, 2.05) is 23.1 Å². The van der Waals surface area contributed by atoms with Gasteiger partial charge in [-0.1, -0.05) is 54.6 Å². The van der Waals surface area contributed by atoms with E-state index in [0.717, 1.165) is 49.7 Å². The maximum absolute atomic E-state index is 12.4. The van der Waals surface area contributed by atoms with E-state index >= 15 is 0 Å². The number of aliphatic imine (C=N–C) groups is 1. The molecule has 6 nitrogen and oxygen atoms in total. The number of guanidine groups is 1. The predicted molar refractivity (Wildman–Crippen MR) is 125 cm³/mol. The van der Waals surface area contributed by atoms with Crippen molar-refractivity contribution < 1.29 is 9.53 Å². The van der Waals surface area contributed by atoms with Gasteiger partial charge in [0.1, 0.15) is 0 Å². The van der Waals surface area contributed by atoms with Crippen molar-refractivity contribution in [1.82, 2.24) is 15.5 Å². The molecule has 2 aromatic carbocycles. The van der Waals surface area contributed by atoms with Crippen LogP contribution in [0.4, 0.5) is 0 Å². The van der Waals surface area contributed by atoms with Crippen LogP contribution in [0.1, 0.15) is 30.0 Å². The van der Waals surface area contributed by atoms with Crippen LogP contribution in [0.15, 0.2) is 59.6 Å². The second-order valence-corrected chi connectivity index (χ2v) is 7.97. The Hall–Kier alpha value is -2.86. The van der Waals surface area contributed by atoms with E-state index in [2.05, 4.69) is 54.0 Å². The van der Waals surface area contributed by atoms with Gasteiger partial charge in [-0.2, -0.15) is 0 Å². The minimum atomic E-state index is 0.251. The lowest BCUT2D eigenvalue weighted by atomic mass is 10.1. The average molecular weight is 423 g/mol. The topological polar surface area (TPSA) is 66.0 Å². The summed E-state index contributed by atoms with van der Waals surface area (Å²) in [5.41, 5.74) is 3.58. The third-order valence-electron chi connectivity index (χ3n) is 5.46. The average Bonchev–Trinajstić information content (AvgIpc) is 3.15. The Bertz CT molecular complexity index is 836. The third kappa shape index (κ3) is 7.40. The van der Waals surface area contributed by atoms with Crippen molar-refractivity contribution in [3.05, 3.63) is 71.3 Å². The summed E-state index contributed by atoms with van der Waals surface area (Å²) >= 11 is 0. The van der Waals surface area contributed by atoms with Gasteiger partial charge in [0.25, 0.3) is 0 Å². The van der Waals surface area contributed by atoms with E-state index < -0.39 is 0 Å². The first-order chi connectivity index (χ1) is 15.2. The second kappa shape index (κ2) is 12.1. The maximum atomic E-state index is 12.4. The molecule has 0 aliphatic carbocycles. The number of benzene rings is 2. The van der Waals surface area contributed by atoms with Gasteiger partial charge in [-0.25, -0.2) is 4.99 Å². The Labute approximate surface area is 185 Å². The van der Waals surface area contributed by atoms with Gasteiger partial charge in [-0.3, -0.25) is 4.79 Å². The molecule has 1 fully saturated rings.